The molecular weight excluding hydrogens is 243 g/mol. The van der Waals surface area contributed by atoms with Gasteiger partial charge in [-0.15, -0.1) is 0 Å². The predicted octanol–water partition coefficient (Wildman–Crippen LogP) is 3.87. The smallest absolute Gasteiger partial charge is 0.322 e. The topological polar surface area (TPSA) is 32.3 Å². The Bertz CT molecular complexity index is 426. The van der Waals surface area contributed by atoms with Gasteiger partial charge in [-0.2, -0.15) is 0 Å². The van der Waals surface area contributed by atoms with Gasteiger partial charge >= 0.3 is 6.03 Å². The van der Waals surface area contributed by atoms with Crippen molar-refractivity contribution in [2.24, 2.45) is 5.92 Å². The quantitative estimate of drug-likeness (QED) is 0.860. The Hall–Kier alpha value is -1.58. The molecule has 1 saturated carbocycles. The molecule has 0 atom stereocenters. The number of carbonyl (C=O) groups is 1. The summed E-state index contributed by atoms with van der Waals surface area (Å²) in [7, 11) is 0. The zero-order chi connectivity index (χ0) is 13.8. The highest BCUT2D eigenvalue weighted by Crippen LogP contribution is 2.28. The van der Waals surface area contributed by atoms with Crippen molar-refractivity contribution in [2.45, 2.75) is 39.2 Å². The van der Waals surface area contributed by atoms with Crippen LogP contribution < -0.4 is 5.32 Å². The SMILES string of the molecule is CC(C)CCN(C(=O)Nc1ccc(F)cc1)C1CC1. The zero-order valence-corrected chi connectivity index (χ0v) is 11.5. The molecule has 3 nitrogen and oxygen atoms in total. The number of anilines is 1. The van der Waals surface area contributed by atoms with Crippen LogP contribution in [0.2, 0.25) is 0 Å². The average molecular weight is 264 g/mol. The second-order valence-electron chi connectivity index (χ2n) is 5.54. The Labute approximate surface area is 113 Å². The van der Waals surface area contributed by atoms with Crippen LogP contribution in [0.3, 0.4) is 0 Å². The number of hydrogen-bond acceptors (Lipinski definition) is 1. The van der Waals surface area contributed by atoms with Crippen LogP contribution in [-0.2, 0) is 0 Å². The lowest BCUT2D eigenvalue weighted by Gasteiger charge is -2.23. The number of amides is 2. The molecule has 1 aromatic carbocycles. The second kappa shape index (κ2) is 6.04. The van der Waals surface area contributed by atoms with E-state index in [1.165, 1.54) is 12.1 Å². The minimum atomic E-state index is -0.295. The zero-order valence-electron chi connectivity index (χ0n) is 11.5. The molecule has 1 aromatic rings. The van der Waals surface area contributed by atoms with Crippen LogP contribution in [0, 0.1) is 11.7 Å². The van der Waals surface area contributed by atoms with E-state index in [2.05, 4.69) is 19.2 Å². The Morgan fingerprint density at radius 3 is 2.53 bits per heavy atom. The van der Waals surface area contributed by atoms with E-state index in [1.54, 1.807) is 12.1 Å². The first-order valence-corrected chi connectivity index (χ1v) is 6.89. The molecule has 1 aliphatic rings. The lowest BCUT2D eigenvalue weighted by molar-refractivity contribution is 0.205. The van der Waals surface area contributed by atoms with Crippen molar-refractivity contribution in [1.29, 1.82) is 0 Å². The first-order chi connectivity index (χ1) is 9.06. The van der Waals surface area contributed by atoms with E-state index < -0.39 is 0 Å². The van der Waals surface area contributed by atoms with Gasteiger partial charge < -0.3 is 10.2 Å². The molecule has 0 bridgehead atoms. The third-order valence-corrected chi connectivity index (χ3v) is 3.29. The maximum atomic E-state index is 12.8. The third-order valence-electron chi connectivity index (χ3n) is 3.29. The highest BCUT2D eigenvalue weighted by molar-refractivity contribution is 5.89. The van der Waals surface area contributed by atoms with Gasteiger partial charge in [-0.3, -0.25) is 0 Å². The van der Waals surface area contributed by atoms with E-state index in [9.17, 15) is 9.18 Å². The Morgan fingerprint density at radius 1 is 1.37 bits per heavy atom. The van der Waals surface area contributed by atoms with Gasteiger partial charge in [0.1, 0.15) is 5.82 Å². The largest absolute Gasteiger partial charge is 0.322 e. The van der Waals surface area contributed by atoms with Gasteiger partial charge in [0.25, 0.3) is 0 Å². The summed E-state index contributed by atoms with van der Waals surface area (Å²) >= 11 is 0. The first-order valence-electron chi connectivity index (χ1n) is 6.89. The molecule has 1 N–H and O–H groups in total. The van der Waals surface area contributed by atoms with Crippen molar-refractivity contribution in [1.82, 2.24) is 4.90 Å². The van der Waals surface area contributed by atoms with Crippen LogP contribution in [0.1, 0.15) is 33.1 Å². The summed E-state index contributed by atoms with van der Waals surface area (Å²) in [6, 6.07) is 6.19. The number of hydrogen-bond donors (Lipinski definition) is 1. The minimum Gasteiger partial charge on any atom is -0.322 e. The van der Waals surface area contributed by atoms with Gasteiger partial charge in [0, 0.05) is 18.3 Å². The van der Waals surface area contributed by atoms with Gasteiger partial charge in [-0.05, 0) is 49.4 Å². The number of rotatable bonds is 5. The second-order valence-corrected chi connectivity index (χ2v) is 5.54. The summed E-state index contributed by atoms with van der Waals surface area (Å²) in [4.78, 5) is 14.1. The maximum absolute atomic E-state index is 12.8. The molecule has 2 rings (SSSR count). The summed E-state index contributed by atoms with van der Waals surface area (Å²) in [5, 5.41) is 2.83. The van der Waals surface area contributed by atoms with E-state index in [0.29, 0.717) is 17.6 Å². The van der Waals surface area contributed by atoms with Gasteiger partial charge in [0.15, 0.2) is 0 Å². The summed E-state index contributed by atoms with van der Waals surface area (Å²) in [6.45, 7) is 5.10. The molecule has 0 unspecified atom stereocenters. The summed E-state index contributed by atoms with van der Waals surface area (Å²) < 4.78 is 12.8. The molecule has 0 radical (unpaired) electrons. The average Bonchev–Trinajstić information content (AvgIpc) is 3.16. The fourth-order valence-electron chi connectivity index (χ4n) is 1.96. The predicted molar refractivity (Wildman–Crippen MR) is 74.6 cm³/mol. The van der Waals surface area contributed by atoms with Crippen LogP contribution in [0.25, 0.3) is 0 Å². The molecule has 1 fully saturated rings. The van der Waals surface area contributed by atoms with Crippen molar-refractivity contribution >= 4 is 11.7 Å². The first kappa shape index (κ1) is 13.8. The molecule has 19 heavy (non-hydrogen) atoms. The van der Waals surface area contributed by atoms with Crippen molar-refractivity contribution in [3.8, 4) is 0 Å². The normalized spacial score (nSPS) is 14.5. The fourth-order valence-corrected chi connectivity index (χ4v) is 1.96. The molecular formula is C15H21FN2O. The summed E-state index contributed by atoms with van der Waals surface area (Å²) in [6.07, 6.45) is 3.19. The Kier molecular flexibility index (Phi) is 4.40. The van der Waals surface area contributed by atoms with Gasteiger partial charge in [-0.1, -0.05) is 13.8 Å². The number of urea groups is 1. The summed E-state index contributed by atoms with van der Waals surface area (Å²) in [5.41, 5.74) is 0.640. The van der Waals surface area contributed by atoms with Gasteiger partial charge in [0.2, 0.25) is 0 Å². The van der Waals surface area contributed by atoms with E-state index in [0.717, 1.165) is 25.8 Å². The molecule has 104 valence electrons. The lowest BCUT2D eigenvalue weighted by Crippen LogP contribution is -2.37. The van der Waals surface area contributed by atoms with Crippen molar-refractivity contribution < 1.29 is 9.18 Å². The number of nitrogens with zero attached hydrogens (tertiary/aromatic N) is 1. The van der Waals surface area contributed by atoms with Crippen LogP contribution in [0.4, 0.5) is 14.9 Å². The van der Waals surface area contributed by atoms with Gasteiger partial charge in [-0.25, -0.2) is 9.18 Å². The molecule has 0 aliphatic heterocycles. The Balaban J connectivity index is 1.93. The molecule has 0 heterocycles. The van der Waals surface area contributed by atoms with E-state index in [1.807, 2.05) is 4.90 Å². The monoisotopic (exact) mass is 264 g/mol. The highest BCUT2D eigenvalue weighted by atomic mass is 19.1. The third kappa shape index (κ3) is 4.23. The summed E-state index contributed by atoms with van der Waals surface area (Å²) in [5.74, 6) is 0.289. The standard InChI is InChI=1S/C15H21FN2O/c1-11(2)9-10-18(14-7-8-14)15(19)17-13-5-3-12(16)4-6-13/h3-6,11,14H,7-10H2,1-2H3,(H,17,19). The van der Waals surface area contributed by atoms with Crippen LogP contribution in [-0.4, -0.2) is 23.5 Å². The van der Waals surface area contributed by atoms with Crippen LogP contribution in [0.5, 0.6) is 0 Å². The minimum absolute atomic E-state index is 0.0743. The maximum Gasteiger partial charge on any atom is 0.322 e. The number of benzene rings is 1. The highest BCUT2D eigenvalue weighted by Gasteiger charge is 2.32. The fraction of sp³-hybridized carbons (Fsp3) is 0.533. The van der Waals surface area contributed by atoms with E-state index >= 15 is 0 Å². The van der Waals surface area contributed by atoms with E-state index in [4.69, 9.17) is 0 Å². The number of nitrogens with one attached hydrogen (secondary N) is 1. The molecule has 0 saturated heterocycles. The van der Waals surface area contributed by atoms with Crippen molar-refractivity contribution in [2.75, 3.05) is 11.9 Å². The molecule has 0 spiro atoms. The lowest BCUT2D eigenvalue weighted by atomic mass is 10.1. The number of carbonyl (C=O) groups excluding carboxylic acids is 1. The van der Waals surface area contributed by atoms with Crippen molar-refractivity contribution in [3.63, 3.8) is 0 Å². The van der Waals surface area contributed by atoms with Crippen LogP contribution in [0.15, 0.2) is 24.3 Å². The van der Waals surface area contributed by atoms with Crippen molar-refractivity contribution in [3.05, 3.63) is 30.1 Å². The molecule has 2 amide bonds. The molecule has 0 aromatic heterocycles. The van der Waals surface area contributed by atoms with Crippen LogP contribution >= 0.6 is 0 Å². The van der Waals surface area contributed by atoms with E-state index in [-0.39, 0.29) is 11.8 Å². The Morgan fingerprint density at radius 2 is 2.00 bits per heavy atom. The van der Waals surface area contributed by atoms with Gasteiger partial charge in [0.05, 0.1) is 0 Å². The number of halogens is 1. The molecule has 1 aliphatic carbocycles. The molecule has 4 heteroatoms.